The van der Waals surface area contributed by atoms with Gasteiger partial charge < -0.3 is 10.6 Å². The minimum atomic E-state index is 0.0750. The first kappa shape index (κ1) is 12.6. The molecule has 1 amide bonds. The molecular formula is C14H17N3OS. The summed E-state index contributed by atoms with van der Waals surface area (Å²) in [4.78, 5) is 16.3. The number of carbonyl (C=O) groups is 1. The third-order valence-corrected chi connectivity index (χ3v) is 4.43. The topological polar surface area (TPSA) is 54.0 Å². The number of aromatic nitrogens is 1. The zero-order valence-corrected chi connectivity index (χ0v) is 11.5. The van der Waals surface area contributed by atoms with Gasteiger partial charge in [-0.25, -0.2) is 4.98 Å². The Balaban J connectivity index is 1.56. The molecule has 2 heterocycles. The molecule has 5 heteroatoms. The van der Waals surface area contributed by atoms with Gasteiger partial charge in [-0.3, -0.25) is 4.79 Å². The van der Waals surface area contributed by atoms with Crippen LogP contribution in [0.1, 0.15) is 19.3 Å². The average molecular weight is 275 g/mol. The van der Waals surface area contributed by atoms with Crippen LogP contribution in [0.15, 0.2) is 24.3 Å². The lowest BCUT2D eigenvalue weighted by atomic mass is 10.0. The summed E-state index contributed by atoms with van der Waals surface area (Å²) in [5, 5.41) is 6.93. The van der Waals surface area contributed by atoms with Gasteiger partial charge in [0.05, 0.1) is 10.2 Å². The van der Waals surface area contributed by atoms with Gasteiger partial charge in [0.2, 0.25) is 5.91 Å². The van der Waals surface area contributed by atoms with Crippen LogP contribution in [0.5, 0.6) is 0 Å². The van der Waals surface area contributed by atoms with Crippen LogP contribution < -0.4 is 10.6 Å². The van der Waals surface area contributed by atoms with Gasteiger partial charge >= 0.3 is 0 Å². The maximum Gasteiger partial charge on any atom is 0.226 e. The molecule has 0 saturated carbocycles. The summed E-state index contributed by atoms with van der Waals surface area (Å²) < 4.78 is 1.11. The van der Waals surface area contributed by atoms with Crippen LogP contribution in [0.2, 0.25) is 0 Å². The smallest absolute Gasteiger partial charge is 0.226 e. The molecule has 4 nitrogen and oxygen atoms in total. The maximum atomic E-state index is 11.9. The molecule has 0 radical (unpaired) electrons. The van der Waals surface area contributed by atoms with Crippen molar-refractivity contribution in [2.75, 3.05) is 18.4 Å². The highest BCUT2D eigenvalue weighted by Gasteiger charge is 2.16. The molecule has 3 rings (SSSR count). The van der Waals surface area contributed by atoms with E-state index in [-0.39, 0.29) is 5.91 Å². The molecule has 1 unspecified atom stereocenters. The standard InChI is InChI=1S/C14H17N3OS/c18-13(6-5-10-7-8-15-9-10)17-14-16-11-3-1-2-4-12(11)19-14/h1-4,10,15H,5-9H2,(H,16,17,18). The van der Waals surface area contributed by atoms with Crippen molar-refractivity contribution in [2.45, 2.75) is 19.3 Å². The van der Waals surface area contributed by atoms with Crippen molar-refractivity contribution in [1.82, 2.24) is 10.3 Å². The molecule has 1 fully saturated rings. The first-order valence-electron chi connectivity index (χ1n) is 6.67. The van der Waals surface area contributed by atoms with E-state index in [4.69, 9.17) is 0 Å². The van der Waals surface area contributed by atoms with Crippen LogP contribution in [0, 0.1) is 5.92 Å². The number of fused-ring (bicyclic) bond motifs is 1. The fourth-order valence-corrected chi connectivity index (χ4v) is 3.29. The van der Waals surface area contributed by atoms with E-state index in [1.807, 2.05) is 24.3 Å². The second-order valence-corrected chi connectivity index (χ2v) is 5.96. The van der Waals surface area contributed by atoms with E-state index in [9.17, 15) is 4.79 Å². The number of amides is 1. The van der Waals surface area contributed by atoms with Gasteiger partial charge in [0, 0.05) is 6.42 Å². The largest absolute Gasteiger partial charge is 0.316 e. The van der Waals surface area contributed by atoms with E-state index in [0.717, 1.165) is 29.7 Å². The molecule has 0 spiro atoms. The molecule has 19 heavy (non-hydrogen) atoms. The van der Waals surface area contributed by atoms with E-state index in [1.54, 1.807) is 0 Å². The number of carbonyl (C=O) groups excluding carboxylic acids is 1. The molecule has 1 saturated heterocycles. The van der Waals surface area contributed by atoms with Crippen LogP contribution in [0.25, 0.3) is 10.2 Å². The van der Waals surface area contributed by atoms with Gasteiger partial charge in [-0.15, -0.1) is 0 Å². The van der Waals surface area contributed by atoms with Crippen molar-refractivity contribution >= 4 is 32.6 Å². The highest BCUT2D eigenvalue weighted by Crippen LogP contribution is 2.25. The number of hydrogen-bond acceptors (Lipinski definition) is 4. The predicted octanol–water partition coefficient (Wildman–Crippen LogP) is 2.62. The Morgan fingerprint density at radius 1 is 1.47 bits per heavy atom. The number of para-hydroxylation sites is 1. The van der Waals surface area contributed by atoms with E-state index < -0.39 is 0 Å². The maximum absolute atomic E-state index is 11.9. The summed E-state index contributed by atoms with van der Waals surface area (Å²) in [6.45, 7) is 2.14. The average Bonchev–Trinajstić information content (AvgIpc) is 3.04. The molecule has 100 valence electrons. The van der Waals surface area contributed by atoms with E-state index >= 15 is 0 Å². The normalized spacial score (nSPS) is 18.8. The number of anilines is 1. The van der Waals surface area contributed by atoms with Gasteiger partial charge in [-0.05, 0) is 44.0 Å². The van der Waals surface area contributed by atoms with Crippen molar-refractivity contribution < 1.29 is 4.79 Å². The Labute approximate surface area is 116 Å². The second kappa shape index (κ2) is 5.67. The van der Waals surface area contributed by atoms with Crippen molar-refractivity contribution in [2.24, 2.45) is 5.92 Å². The minimum Gasteiger partial charge on any atom is -0.316 e. The number of rotatable bonds is 4. The number of benzene rings is 1. The van der Waals surface area contributed by atoms with Crippen LogP contribution in [-0.2, 0) is 4.79 Å². The zero-order valence-electron chi connectivity index (χ0n) is 10.7. The fourth-order valence-electron chi connectivity index (χ4n) is 2.40. The van der Waals surface area contributed by atoms with Crippen molar-refractivity contribution in [3.63, 3.8) is 0 Å². The van der Waals surface area contributed by atoms with Crippen molar-refractivity contribution in [3.8, 4) is 0 Å². The molecule has 2 N–H and O–H groups in total. The molecule has 0 bridgehead atoms. The predicted molar refractivity (Wildman–Crippen MR) is 78.5 cm³/mol. The molecule has 1 atom stereocenters. The summed E-state index contributed by atoms with van der Waals surface area (Å²) in [6, 6.07) is 7.93. The number of nitrogens with zero attached hydrogens (tertiary/aromatic N) is 1. The number of thiazole rings is 1. The lowest BCUT2D eigenvalue weighted by Crippen LogP contribution is -2.14. The van der Waals surface area contributed by atoms with Gasteiger partial charge in [-0.1, -0.05) is 23.5 Å². The molecule has 1 aromatic heterocycles. The lowest BCUT2D eigenvalue weighted by Gasteiger charge is -2.06. The third-order valence-electron chi connectivity index (χ3n) is 3.48. The molecular weight excluding hydrogens is 258 g/mol. The lowest BCUT2D eigenvalue weighted by molar-refractivity contribution is -0.116. The highest BCUT2D eigenvalue weighted by molar-refractivity contribution is 7.22. The Bertz CT molecular complexity index is 542. The van der Waals surface area contributed by atoms with E-state index in [1.165, 1.54) is 17.8 Å². The van der Waals surface area contributed by atoms with Crippen LogP contribution in [0.3, 0.4) is 0 Å². The first-order valence-corrected chi connectivity index (χ1v) is 7.49. The fraction of sp³-hybridized carbons (Fsp3) is 0.429. The van der Waals surface area contributed by atoms with Gasteiger partial charge in [0.25, 0.3) is 0 Å². The van der Waals surface area contributed by atoms with Crippen LogP contribution in [-0.4, -0.2) is 24.0 Å². The van der Waals surface area contributed by atoms with Crippen LogP contribution >= 0.6 is 11.3 Å². The zero-order chi connectivity index (χ0) is 13.1. The quantitative estimate of drug-likeness (QED) is 0.902. The summed E-state index contributed by atoms with van der Waals surface area (Å²) in [6.07, 6.45) is 2.74. The second-order valence-electron chi connectivity index (χ2n) is 4.93. The Morgan fingerprint density at radius 3 is 3.16 bits per heavy atom. The number of nitrogens with one attached hydrogen (secondary N) is 2. The summed E-state index contributed by atoms with van der Waals surface area (Å²) >= 11 is 1.53. The summed E-state index contributed by atoms with van der Waals surface area (Å²) in [5.41, 5.74) is 0.947. The monoisotopic (exact) mass is 275 g/mol. The van der Waals surface area contributed by atoms with Gasteiger partial charge in [0.1, 0.15) is 0 Å². The molecule has 2 aromatic rings. The van der Waals surface area contributed by atoms with Crippen LogP contribution in [0.4, 0.5) is 5.13 Å². The molecule has 1 aliphatic rings. The SMILES string of the molecule is O=C(CCC1CCNC1)Nc1nc2ccccc2s1. The molecule has 1 aliphatic heterocycles. The Hall–Kier alpha value is -1.46. The number of hydrogen-bond donors (Lipinski definition) is 2. The minimum absolute atomic E-state index is 0.0750. The first-order chi connectivity index (χ1) is 9.31. The summed E-state index contributed by atoms with van der Waals surface area (Å²) in [5.74, 6) is 0.729. The van der Waals surface area contributed by atoms with Gasteiger partial charge in [-0.2, -0.15) is 0 Å². The Kier molecular flexibility index (Phi) is 3.75. The Morgan fingerprint density at radius 2 is 2.37 bits per heavy atom. The van der Waals surface area contributed by atoms with Crippen molar-refractivity contribution in [1.29, 1.82) is 0 Å². The van der Waals surface area contributed by atoms with E-state index in [2.05, 4.69) is 15.6 Å². The van der Waals surface area contributed by atoms with Crippen molar-refractivity contribution in [3.05, 3.63) is 24.3 Å². The third kappa shape index (κ3) is 3.11. The molecule has 1 aromatic carbocycles. The molecule has 0 aliphatic carbocycles. The summed E-state index contributed by atoms with van der Waals surface area (Å²) in [7, 11) is 0. The van der Waals surface area contributed by atoms with Gasteiger partial charge in [0.15, 0.2) is 5.13 Å². The highest BCUT2D eigenvalue weighted by atomic mass is 32.1. The van der Waals surface area contributed by atoms with E-state index in [0.29, 0.717) is 17.5 Å².